The third-order valence-corrected chi connectivity index (χ3v) is 5.04. The molecule has 1 aliphatic heterocycles. The zero-order valence-corrected chi connectivity index (χ0v) is 15.9. The van der Waals surface area contributed by atoms with Gasteiger partial charge in [-0.2, -0.15) is 5.10 Å². The Balaban J connectivity index is 1.36. The summed E-state index contributed by atoms with van der Waals surface area (Å²) in [6, 6.07) is 18.0. The highest BCUT2D eigenvalue weighted by molar-refractivity contribution is 5.92. The molecule has 0 aliphatic carbocycles. The van der Waals surface area contributed by atoms with E-state index in [9.17, 15) is 4.79 Å². The zero-order valence-electron chi connectivity index (χ0n) is 15.9. The topological polar surface area (TPSA) is 70.2 Å². The summed E-state index contributed by atoms with van der Waals surface area (Å²) in [7, 11) is 1.63. The first-order chi connectivity index (χ1) is 13.7. The lowest BCUT2D eigenvalue weighted by Gasteiger charge is -2.26. The molecule has 2 heterocycles. The van der Waals surface area contributed by atoms with Crippen molar-refractivity contribution in [3.05, 3.63) is 77.0 Å². The summed E-state index contributed by atoms with van der Waals surface area (Å²) in [5, 5.41) is 10.4. The Kier molecular flexibility index (Phi) is 5.39. The van der Waals surface area contributed by atoms with Crippen molar-refractivity contribution < 1.29 is 9.53 Å². The third kappa shape index (κ3) is 4.23. The normalized spacial score (nSPS) is 13.8. The molecule has 1 amide bonds. The number of aromatic nitrogens is 2. The molecule has 0 radical (unpaired) electrons. The SMILES string of the molecule is COc1ccc(CC(=O)Nc2n[nH]c3c2CCN(Cc2ccccc2)C3)cc1. The Morgan fingerprint density at radius 1 is 1.14 bits per heavy atom. The van der Waals surface area contributed by atoms with Gasteiger partial charge in [0.25, 0.3) is 0 Å². The Morgan fingerprint density at radius 3 is 2.68 bits per heavy atom. The van der Waals surface area contributed by atoms with Crippen LogP contribution in [0.4, 0.5) is 5.82 Å². The maximum absolute atomic E-state index is 12.4. The van der Waals surface area contributed by atoms with E-state index in [0.717, 1.165) is 48.6 Å². The Bertz CT molecular complexity index is 935. The number of anilines is 1. The molecule has 144 valence electrons. The van der Waals surface area contributed by atoms with Crippen molar-refractivity contribution in [3.63, 3.8) is 0 Å². The van der Waals surface area contributed by atoms with Gasteiger partial charge < -0.3 is 10.1 Å². The Hall–Kier alpha value is -3.12. The molecule has 1 aromatic heterocycles. The second-order valence-electron chi connectivity index (χ2n) is 7.05. The minimum atomic E-state index is -0.0637. The van der Waals surface area contributed by atoms with Crippen molar-refractivity contribution in [3.8, 4) is 5.75 Å². The molecule has 2 aromatic carbocycles. The molecule has 0 unspecified atom stereocenters. The van der Waals surface area contributed by atoms with E-state index in [-0.39, 0.29) is 5.91 Å². The number of carbonyl (C=O) groups excluding carboxylic acids is 1. The lowest BCUT2D eigenvalue weighted by Crippen LogP contribution is -2.30. The number of nitrogens with one attached hydrogen (secondary N) is 2. The van der Waals surface area contributed by atoms with Gasteiger partial charge in [-0.05, 0) is 29.7 Å². The van der Waals surface area contributed by atoms with Gasteiger partial charge in [0.2, 0.25) is 5.91 Å². The molecule has 28 heavy (non-hydrogen) atoms. The van der Waals surface area contributed by atoms with Crippen LogP contribution in [0.25, 0.3) is 0 Å². The van der Waals surface area contributed by atoms with Crippen LogP contribution in [0.2, 0.25) is 0 Å². The molecule has 6 nitrogen and oxygen atoms in total. The van der Waals surface area contributed by atoms with Crippen LogP contribution in [-0.2, 0) is 30.7 Å². The number of amides is 1. The summed E-state index contributed by atoms with van der Waals surface area (Å²) >= 11 is 0. The fourth-order valence-electron chi connectivity index (χ4n) is 3.56. The summed E-state index contributed by atoms with van der Waals surface area (Å²) < 4.78 is 5.15. The molecule has 2 N–H and O–H groups in total. The predicted octanol–water partition coefficient (Wildman–Crippen LogP) is 3.16. The van der Waals surface area contributed by atoms with Crippen LogP contribution in [0.3, 0.4) is 0 Å². The van der Waals surface area contributed by atoms with Crippen molar-refractivity contribution in [2.45, 2.75) is 25.9 Å². The fraction of sp³-hybridized carbons (Fsp3) is 0.273. The van der Waals surface area contributed by atoms with Crippen molar-refractivity contribution in [1.82, 2.24) is 15.1 Å². The fourth-order valence-corrected chi connectivity index (χ4v) is 3.56. The molecule has 0 spiro atoms. The first-order valence-electron chi connectivity index (χ1n) is 9.46. The van der Waals surface area contributed by atoms with Gasteiger partial charge in [-0.3, -0.25) is 14.8 Å². The summed E-state index contributed by atoms with van der Waals surface area (Å²) in [5.74, 6) is 1.38. The first kappa shape index (κ1) is 18.3. The second kappa shape index (κ2) is 8.27. The van der Waals surface area contributed by atoms with E-state index in [2.05, 4.69) is 44.7 Å². The maximum atomic E-state index is 12.4. The monoisotopic (exact) mass is 376 g/mol. The summed E-state index contributed by atoms with van der Waals surface area (Å²) in [6.07, 6.45) is 1.18. The summed E-state index contributed by atoms with van der Waals surface area (Å²) in [6.45, 7) is 2.67. The maximum Gasteiger partial charge on any atom is 0.230 e. The predicted molar refractivity (Wildman–Crippen MR) is 108 cm³/mol. The van der Waals surface area contributed by atoms with Gasteiger partial charge in [-0.1, -0.05) is 42.5 Å². The average Bonchev–Trinajstić information content (AvgIpc) is 3.11. The summed E-state index contributed by atoms with van der Waals surface area (Å²) in [4.78, 5) is 14.8. The third-order valence-electron chi connectivity index (χ3n) is 5.04. The van der Waals surface area contributed by atoms with E-state index in [1.54, 1.807) is 7.11 Å². The van der Waals surface area contributed by atoms with Gasteiger partial charge in [-0.25, -0.2) is 0 Å². The van der Waals surface area contributed by atoms with Gasteiger partial charge >= 0.3 is 0 Å². The molecule has 4 rings (SSSR count). The number of H-pyrrole nitrogens is 1. The zero-order chi connectivity index (χ0) is 19.3. The number of carbonyl (C=O) groups is 1. The van der Waals surface area contributed by atoms with Crippen LogP contribution in [0.5, 0.6) is 5.75 Å². The smallest absolute Gasteiger partial charge is 0.230 e. The number of aromatic amines is 1. The second-order valence-corrected chi connectivity index (χ2v) is 7.05. The standard InChI is InChI=1S/C22H24N4O2/c1-28-18-9-7-16(8-10-18)13-21(27)23-22-19-11-12-26(15-20(19)24-25-22)14-17-5-3-2-4-6-17/h2-10H,11-15H2,1H3,(H2,23,24,25,27). The van der Waals surface area contributed by atoms with Gasteiger partial charge in [0.05, 0.1) is 19.2 Å². The van der Waals surface area contributed by atoms with Gasteiger partial charge in [-0.15, -0.1) is 0 Å². The molecular weight excluding hydrogens is 352 g/mol. The van der Waals surface area contributed by atoms with Crippen LogP contribution >= 0.6 is 0 Å². The van der Waals surface area contributed by atoms with Crippen molar-refractivity contribution in [2.24, 2.45) is 0 Å². The van der Waals surface area contributed by atoms with E-state index >= 15 is 0 Å². The van der Waals surface area contributed by atoms with Crippen molar-refractivity contribution in [1.29, 1.82) is 0 Å². The van der Waals surface area contributed by atoms with Crippen molar-refractivity contribution >= 4 is 11.7 Å². The van der Waals surface area contributed by atoms with Crippen LogP contribution in [-0.4, -0.2) is 34.7 Å². The minimum Gasteiger partial charge on any atom is -0.497 e. The molecule has 6 heteroatoms. The molecule has 0 bridgehead atoms. The highest BCUT2D eigenvalue weighted by Gasteiger charge is 2.22. The minimum absolute atomic E-state index is 0.0637. The number of rotatable bonds is 6. The van der Waals surface area contributed by atoms with Gasteiger partial charge in [0.15, 0.2) is 5.82 Å². The lowest BCUT2D eigenvalue weighted by molar-refractivity contribution is -0.115. The van der Waals surface area contributed by atoms with E-state index < -0.39 is 0 Å². The average molecular weight is 376 g/mol. The van der Waals surface area contributed by atoms with Crippen molar-refractivity contribution in [2.75, 3.05) is 19.0 Å². The number of fused-ring (bicyclic) bond motifs is 1. The molecule has 3 aromatic rings. The molecular formula is C22H24N4O2. The van der Waals surface area contributed by atoms with Gasteiger partial charge in [0, 0.05) is 25.2 Å². The largest absolute Gasteiger partial charge is 0.497 e. The first-order valence-corrected chi connectivity index (χ1v) is 9.46. The molecule has 0 atom stereocenters. The Morgan fingerprint density at radius 2 is 1.93 bits per heavy atom. The number of ether oxygens (including phenoxy) is 1. The van der Waals surface area contributed by atoms with Crippen LogP contribution in [0.15, 0.2) is 54.6 Å². The number of methoxy groups -OCH3 is 1. The van der Waals surface area contributed by atoms with E-state index in [4.69, 9.17) is 4.74 Å². The van der Waals surface area contributed by atoms with E-state index in [0.29, 0.717) is 12.2 Å². The lowest BCUT2D eigenvalue weighted by atomic mass is 10.1. The van der Waals surface area contributed by atoms with E-state index in [1.807, 2.05) is 30.3 Å². The van der Waals surface area contributed by atoms with E-state index in [1.165, 1.54) is 5.56 Å². The Labute approximate surface area is 164 Å². The van der Waals surface area contributed by atoms with Crippen LogP contribution in [0.1, 0.15) is 22.4 Å². The van der Waals surface area contributed by atoms with Crippen LogP contribution < -0.4 is 10.1 Å². The highest BCUT2D eigenvalue weighted by atomic mass is 16.5. The molecule has 0 saturated carbocycles. The van der Waals surface area contributed by atoms with Gasteiger partial charge in [0.1, 0.15) is 5.75 Å². The quantitative estimate of drug-likeness (QED) is 0.693. The molecule has 1 aliphatic rings. The molecule has 0 fully saturated rings. The summed E-state index contributed by atoms with van der Waals surface area (Å²) in [5.41, 5.74) is 4.45. The number of nitrogens with zero attached hydrogens (tertiary/aromatic N) is 2. The number of hydrogen-bond acceptors (Lipinski definition) is 4. The molecule has 0 saturated heterocycles. The van der Waals surface area contributed by atoms with Crippen LogP contribution in [0, 0.1) is 0 Å². The number of benzene rings is 2. The number of hydrogen-bond donors (Lipinski definition) is 2. The highest BCUT2D eigenvalue weighted by Crippen LogP contribution is 2.25.